The molecule has 0 amide bonds. The maximum Gasteiger partial charge on any atom is 0.211 e. The lowest BCUT2D eigenvalue weighted by Crippen LogP contribution is -2.41. The Balaban J connectivity index is 2.50. The largest absolute Gasteiger partial charge is 0.377 e. The molecule has 0 aromatic heterocycles. The van der Waals surface area contributed by atoms with Crippen LogP contribution in [-0.2, 0) is 14.8 Å². The van der Waals surface area contributed by atoms with Crippen molar-refractivity contribution in [3.8, 4) is 0 Å². The molecule has 1 heterocycles. The maximum atomic E-state index is 11.5. The monoisotopic (exact) mass is 334 g/mol. The fourth-order valence-corrected chi connectivity index (χ4v) is 3.10. The van der Waals surface area contributed by atoms with Crippen LogP contribution >= 0.6 is 0 Å². The number of nitrogens with one attached hydrogen (secondary N) is 2. The zero-order chi connectivity index (χ0) is 16.8. The van der Waals surface area contributed by atoms with Crippen LogP contribution in [0.2, 0.25) is 0 Å². The van der Waals surface area contributed by atoms with Crippen LogP contribution in [0.1, 0.15) is 27.2 Å². The highest BCUT2D eigenvalue weighted by atomic mass is 32.2. The van der Waals surface area contributed by atoms with E-state index in [1.807, 2.05) is 20.8 Å². The van der Waals surface area contributed by atoms with Gasteiger partial charge in [-0.05, 0) is 33.1 Å². The molecular weight excluding hydrogens is 304 g/mol. The number of methoxy groups -OCH3 is 1. The van der Waals surface area contributed by atoms with Gasteiger partial charge in [-0.2, -0.15) is 0 Å². The van der Waals surface area contributed by atoms with Crippen molar-refractivity contribution in [3.63, 3.8) is 0 Å². The second-order valence-corrected chi connectivity index (χ2v) is 8.30. The summed E-state index contributed by atoms with van der Waals surface area (Å²) in [7, 11) is -1.40. The van der Waals surface area contributed by atoms with E-state index in [0.717, 1.165) is 18.9 Å². The minimum atomic E-state index is -3.07. The lowest BCUT2D eigenvalue weighted by atomic mass is 10.1. The fourth-order valence-electron chi connectivity index (χ4n) is 2.18. The molecule has 7 nitrogen and oxygen atoms in total. The van der Waals surface area contributed by atoms with Crippen molar-refractivity contribution >= 4 is 16.0 Å². The predicted molar refractivity (Wildman–Crippen MR) is 89.6 cm³/mol. The predicted octanol–water partition coefficient (Wildman–Crippen LogP) is 0.248. The van der Waals surface area contributed by atoms with E-state index >= 15 is 0 Å². The fraction of sp³-hybridized carbons (Fsp3) is 0.929. The lowest BCUT2D eigenvalue weighted by Gasteiger charge is -2.22. The smallest absolute Gasteiger partial charge is 0.211 e. The quantitative estimate of drug-likeness (QED) is 0.515. The Kier molecular flexibility index (Phi) is 7.08. The van der Waals surface area contributed by atoms with E-state index in [1.54, 1.807) is 7.11 Å². The third-order valence-corrected chi connectivity index (χ3v) is 5.06. The number of nitrogens with zero attached hydrogens (tertiary/aromatic N) is 2. The highest BCUT2D eigenvalue weighted by Crippen LogP contribution is 2.17. The summed E-state index contributed by atoms with van der Waals surface area (Å²) in [5, 5.41) is 6.49. The topological polar surface area (TPSA) is 83.0 Å². The molecule has 0 saturated carbocycles. The molecule has 0 aromatic carbocycles. The normalized spacial score (nSPS) is 21.1. The molecule has 1 saturated heterocycles. The highest BCUT2D eigenvalue weighted by Gasteiger charge is 2.28. The number of sulfonamides is 1. The minimum absolute atomic E-state index is 0.303. The van der Waals surface area contributed by atoms with Gasteiger partial charge in [-0.3, -0.25) is 4.99 Å². The summed E-state index contributed by atoms with van der Waals surface area (Å²) in [6, 6.07) is 0. The van der Waals surface area contributed by atoms with Gasteiger partial charge in [-0.1, -0.05) is 0 Å². The van der Waals surface area contributed by atoms with E-state index in [9.17, 15) is 8.42 Å². The summed E-state index contributed by atoms with van der Waals surface area (Å²) >= 11 is 0. The van der Waals surface area contributed by atoms with Gasteiger partial charge in [0.25, 0.3) is 0 Å². The number of hydrogen-bond acceptors (Lipinski definition) is 4. The van der Waals surface area contributed by atoms with Gasteiger partial charge in [0.1, 0.15) is 0 Å². The van der Waals surface area contributed by atoms with Gasteiger partial charge in [0.15, 0.2) is 5.96 Å². The van der Waals surface area contributed by atoms with Crippen molar-refractivity contribution in [1.29, 1.82) is 0 Å². The van der Waals surface area contributed by atoms with E-state index in [2.05, 4.69) is 15.6 Å². The van der Waals surface area contributed by atoms with Crippen LogP contribution in [0.4, 0.5) is 0 Å². The van der Waals surface area contributed by atoms with Gasteiger partial charge < -0.3 is 15.4 Å². The number of guanidine groups is 1. The second-order valence-electron chi connectivity index (χ2n) is 6.32. The highest BCUT2D eigenvalue weighted by molar-refractivity contribution is 7.88. The van der Waals surface area contributed by atoms with E-state index in [-0.39, 0.29) is 5.60 Å². The first kappa shape index (κ1) is 19.2. The molecule has 8 heteroatoms. The molecule has 0 aliphatic carbocycles. The molecule has 2 N–H and O–H groups in total. The van der Waals surface area contributed by atoms with Gasteiger partial charge in [0, 0.05) is 33.3 Å². The zero-order valence-electron chi connectivity index (χ0n) is 14.3. The Labute approximate surface area is 134 Å². The molecular formula is C14H30N4O3S. The Morgan fingerprint density at radius 2 is 2.09 bits per heavy atom. The van der Waals surface area contributed by atoms with Crippen molar-refractivity contribution in [2.24, 2.45) is 10.9 Å². The van der Waals surface area contributed by atoms with Crippen LogP contribution in [0, 0.1) is 5.92 Å². The Morgan fingerprint density at radius 1 is 1.41 bits per heavy atom. The van der Waals surface area contributed by atoms with Gasteiger partial charge in [-0.15, -0.1) is 0 Å². The minimum Gasteiger partial charge on any atom is -0.377 e. The van der Waals surface area contributed by atoms with Crippen LogP contribution in [-0.4, -0.2) is 70.4 Å². The first-order valence-electron chi connectivity index (χ1n) is 7.70. The Morgan fingerprint density at radius 3 is 2.59 bits per heavy atom. The molecule has 0 radical (unpaired) electrons. The average molecular weight is 334 g/mol. The van der Waals surface area contributed by atoms with Crippen LogP contribution in [0.5, 0.6) is 0 Å². The average Bonchev–Trinajstić information content (AvgIpc) is 2.91. The van der Waals surface area contributed by atoms with Crippen LogP contribution < -0.4 is 10.6 Å². The molecule has 1 fully saturated rings. The SMILES string of the molecule is CCNC(=NCC(C)(C)OC)NCC1CCN(S(C)(=O)=O)C1. The third-order valence-electron chi connectivity index (χ3n) is 3.79. The lowest BCUT2D eigenvalue weighted by molar-refractivity contribution is 0.0310. The van der Waals surface area contributed by atoms with Crippen LogP contribution in [0.15, 0.2) is 4.99 Å². The van der Waals surface area contributed by atoms with Gasteiger partial charge in [0.2, 0.25) is 10.0 Å². The molecule has 22 heavy (non-hydrogen) atoms. The van der Waals surface area contributed by atoms with Crippen LogP contribution in [0.25, 0.3) is 0 Å². The molecule has 1 rings (SSSR count). The Bertz CT molecular complexity index is 476. The molecule has 0 bridgehead atoms. The van der Waals surface area contributed by atoms with Crippen LogP contribution in [0.3, 0.4) is 0 Å². The molecule has 1 aliphatic heterocycles. The van der Waals surface area contributed by atoms with Gasteiger partial charge >= 0.3 is 0 Å². The molecule has 0 spiro atoms. The summed E-state index contributed by atoms with van der Waals surface area (Å²) in [4.78, 5) is 4.52. The summed E-state index contributed by atoms with van der Waals surface area (Å²) in [6.07, 6.45) is 2.14. The van der Waals surface area contributed by atoms with Gasteiger partial charge in [-0.25, -0.2) is 12.7 Å². The second kappa shape index (κ2) is 8.12. The molecule has 0 aromatic rings. The molecule has 130 valence electrons. The van der Waals surface area contributed by atoms with E-state index < -0.39 is 10.0 Å². The summed E-state index contributed by atoms with van der Waals surface area (Å²) in [6.45, 7) is 9.22. The third kappa shape index (κ3) is 6.50. The first-order valence-corrected chi connectivity index (χ1v) is 9.55. The molecule has 1 atom stereocenters. The number of hydrogen-bond donors (Lipinski definition) is 2. The van der Waals surface area contributed by atoms with Crippen molar-refractivity contribution < 1.29 is 13.2 Å². The first-order chi connectivity index (χ1) is 10.2. The summed E-state index contributed by atoms with van der Waals surface area (Å²) < 4.78 is 29.9. The van der Waals surface area contributed by atoms with E-state index in [4.69, 9.17) is 4.74 Å². The summed E-state index contributed by atoms with van der Waals surface area (Å²) in [5.41, 5.74) is -0.303. The number of ether oxygens (including phenoxy) is 1. The Hall–Kier alpha value is -0.860. The summed E-state index contributed by atoms with van der Waals surface area (Å²) in [5.74, 6) is 1.06. The van der Waals surface area contributed by atoms with Crippen molar-refractivity contribution in [2.45, 2.75) is 32.8 Å². The van der Waals surface area contributed by atoms with Crippen molar-refractivity contribution in [2.75, 3.05) is 46.1 Å². The zero-order valence-corrected chi connectivity index (χ0v) is 15.2. The number of aliphatic imine (C=N–C) groups is 1. The van der Waals surface area contributed by atoms with Crippen molar-refractivity contribution in [3.05, 3.63) is 0 Å². The van der Waals surface area contributed by atoms with Gasteiger partial charge in [0.05, 0.1) is 18.4 Å². The van der Waals surface area contributed by atoms with E-state index in [1.165, 1.54) is 10.6 Å². The molecule has 1 unspecified atom stereocenters. The van der Waals surface area contributed by atoms with E-state index in [0.29, 0.717) is 32.1 Å². The molecule has 1 aliphatic rings. The maximum absolute atomic E-state index is 11.5. The van der Waals surface area contributed by atoms with Crippen molar-refractivity contribution in [1.82, 2.24) is 14.9 Å². The number of rotatable bonds is 7. The standard InChI is InChI=1S/C14H30N4O3S/c1-6-15-13(17-11-14(2,3)21-4)16-9-12-7-8-18(10-12)22(5,19)20/h12H,6-11H2,1-5H3,(H2,15,16,17).